The van der Waals surface area contributed by atoms with Crippen molar-refractivity contribution >= 4 is 11.6 Å². The molecule has 0 unspecified atom stereocenters. The lowest BCUT2D eigenvalue weighted by Crippen LogP contribution is -2.04. The van der Waals surface area contributed by atoms with Gasteiger partial charge in [-0.15, -0.1) is 0 Å². The molecule has 0 aliphatic carbocycles. The van der Waals surface area contributed by atoms with Gasteiger partial charge in [-0.25, -0.2) is 4.68 Å². The highest BCUT2D eigenvalue weighted by atomic mass is 35.5. The molecular formula is C11H13ClN4. The van der Waals surface area contributed by atoms with Gasteiger partial charge in [0.25, 0.3) is 0 Å². The standard InChI is InChI=1S/C11H13ClN4/c1-7-11(12)8(2)16(15-7)10-3-4-14-9(5-10)6-13/h3-5H,6,13H2,1-2H3. The molecule has 0 aromatic carbocycles. The molecule has 0 spiro atoms. The molecule has 0 fully saturated rings. The second kappa shape index (κ2) is 4.23. The van der Waals surface area contributed by atoms with Crippen LogP contribution in [0.25, 0.3) is 5.69 Å². The fourth-order valence-corrected chi connectivity index (χ4v) is 1.70. The zero-order valence-corrected chi connectivity index (χ0v) is 9.99. The number of pyridine rings is 1. The van der Waals surface area contributed by atoms with Gasteiger partial charge in [0.05, 0.1) is 27.8 Å². The summed E-state index contributed by atoms with van der Waals surface area (Å²) < 4.78 is 1.80. The van der Waals surface area contributed by atoms with Crippen LogP contribution in [-0.2, 0) is 6.54 Å². The van der Waals surface area contributed by atoms with Gasteiger partial charge in [0.15, 0.2) is 0 Å². The van der Waals surface area contributed by atoms with Crippen LogP contribution in [-0.4, -0.2) is 14.8 Å². The highest BCUT2D eigenvalue weighted by Crippen LogP contribution is 2.22. The number of hydrogen-bond donors (Lipinski definition) is 1. The number of halogens is 1. The molecule has 2 heterocycles. The maximum absolute atomic E-state index is 6.10. The number of aromatic nitrogens is 3. The third-order valence-corrected chi connectivity index (χ3v) is 3.00. The van der Waals surface area contributed by atoms with Crippen molar-refractivity contribution < 1.29 is 0 Å². The monoisotopic (exact) mass is 236 g/mol. The molecule has 0 aliphatic rings. The first-order valence-corrected chi connectivity index (χ1v) is 5.38. The van der Waals surface area contributed by atoms with Crippen molar-refractivity contribution in [1.82, 2.24) is 14.8 Å². The molecule has 2 aromatic heterocycles. The van der Waals surface area contributed by atoms with Gasteiger partial charge in [-0.3, -0.25) is 4.98 Å². The van der Waals surface area contributed by atoms with Crippen LogP contribution in [0.4, 0.5) is 0 Å². The Morgan fingerprint density at radius 2 is 2.19 bits per heavy atom. The normalized spacial score (nSPS) is 10.8. The van der Waals surface area contributed by atoms with E-state index in [9.17, 15) is 0 Å². The molecule has 5 heteroatoms. The maximum Gasteiger partial charge on any atom is 0.0848 e. The average molecular weight is 237 g/mol. The molecule has 0 aliphatic heterocycles. The van der Waals surface area contributed by atoms with Gasteiger partial charge in [-0.05, 0) is 26.0 Å². The summed E-state index contributed by atoms with van der Waals surface area (Å²) in [5.74, 6) is 0. The summed E-state index contributed by atoms with van der Waals surface area (Å²) in [6, 6.07) is 3.80. The Morgan fingerprint density at radius 1 is 1.44 bits per heavy atom. The fraction of sp³-hybridized carbons (Fsp3) is 0.273. The molecule has 4 nitrogen and oxygen atoms in total. The van der Waals surface area contributed by atoms with Crippen molar-refractivity contribution in [2.75, 3.05) is 0 Å². The minimum atomic E-state index is 0.418. The van der Waals surface area contributed by atoms with Crippen molar-refractivity contribution in [3.05, 3.63) is 40.4 Å². The lowest BCUT2D eigenvalue weighted by Gasteiger charge is -2.05. The number of hydrogen-bond acceptors (Lipinski definition) is 3. The van der Waals surface area contributed by atoms with Crippen molar-refractivity contribution in [1.29, 1.82) is 0 Å². The highest BCUT2D eigenvalue weighted by molar-refractivity contribution is 6.31. The number of aryl methyl sites for hydroxylation is 1. The van der Waals surface area contributed by atoms with E-state index in [1.807, 2.05) is 26.0 Å². The molecule has 0 radical (unpaired) electrons. The van der Waals surface area contributed by atoms with Gasteiger partial charge in [-0.2, -0.15) is 5.10 Å². The SMILES string of the molecule is Cc1nn(-c2ccnc(CN)c2)c(C)c1Cl. The Hall–Kier alpha value is -1.39. The van der Waals surface area contributed by atoms with Crippen molar-refractivity contribution in [2.24, 2.45) is 5.73 Å². The Kier molecular flexibility index (Phi) is 2.94. The van der Waals surface area contributed by atoms with E-state index in [0.717, 1.165) is 22.8 Å². The van der Waals surface area contributed by atoms with E-state index >= 15 is 0 Å². The Bertz CT molecular complexity index is 519. The van der Waals surface area contributed by atoms with Crippen LogP contribution in [0.3, 0.4) is 0 Å². The summed E-state index contributed by atoms with van der Waals surface area (Å²) in [4.78, 5) is 4.14. The largest absolute Gasteiger partial charge is 0.325 e. The smallest absolute Gasteiger partial charge is 0.0848 e. The predicted molar refractivity (Wildman–Crippen MR) is 63.7 cm³/mol. The highest BCUT2D eigenvalue weighted by Gasteiger charge is 2.10. The predicted octanol–water partition coefficient (Wildman–Crippen LogP) is 2.00. The van der Waals surface area contributed by atoms with E-state index < -0.39 is 0 Å². The number of rotatable bonds is 2. The quantitative estimate of drug-likeness (QED) is 0.868. The molecule has 2 N–H and O–H groups in total. The summed E-state index contributed by atoms with van der Waals surface area (Å²) in [7, 11) is 0. The van der Waals surface area contributed by atoms with Crippen molar-refractivity contribution in [3.63, 3.8) is 0 Å². The third-order valence-electron chi connectivity index (χ3n) is 2.46. The number of nitrogens with zero attached hydrogens (tertiary/aromatic N) is 3. The zero-order valence-electron chi connectivity index (χ0n) is 9.24. The first kappa shape index (κ1) is 11.1. The molecule has 84 valence electrons. The van der Waals surface area contributed by atoms with Crippen molar-refractivity contribution in [3.8, 4) is 5.69 Å². The molecule has 0 bridgehead atoms. The Labute approximate surface area is 99.1 Å². The number of nitrogens with two attached hydrogens (primary N) is 1. The van der Waals surface area contributed by atoms with Crippen LogP contribution >= 0.6 is 11.6 Å². The van der Waals surface area contributed by atoms with E-state index in [-0.39, 0.29) is 0 Å². The Morgan fingerprint density at radius 3 is 2.75 bits per heavy atom. The summed E-state index contributed by atoms with van der Waals surface area (Å²) in [5.41, 5.74) is 9.07. The second-order valence-electron chi connectivity index (χ2n) is 3.61. The summed E-state index contributed by atoms with van der Waals surface area (Å²) in [5, 5.41) is 5.07. The van der Waals surface area contributed by atoms with Crippen LogP contribution in [0.2, 0.25) is 5.02 Å². The Balaban J connectivity index is 2.54. The van der Waals surface area contributed by atoms with Gasteiger partial charge < -0.3 is 5.73 Å². The summed E-state index contributed by atoms with van der Waals surface area (Å²) in [6.07, 6.45) is 1.72. The maximum atomic E-state index is 6.10. The van der Waals surface area contributed by atoms with Gasteiger partial charge in [0, 0.05) is 12.7 Å². The third kappa shape index (κ3) is 1.81. The molecular weight excluding hydrogens is 224 g/mol. The van der Waals surface area contributed by atoms with Gasteiger partial charge in [0.2, 0.25) is 0 Å². The minimum absolute atomic E-state index is 0.418. The topological polar surface area (TPSA) is 56.7 Å². The first-order chi connectivity index (χ1) is 7.63. The molecule has 0 saturated heterocycles. The van der Waals surface area contributed by atoms with Crippen LogP contribution in [0, 0.1) is 13.8 Å². The van der Waals surface area contributed by atoms with E-state index in [0.29, 0.717) is 11.6 Å². The lowest BCUT2D eigenvalue weighted by atomic mass is 10.3. The van der Waals surface area contributed by atoms with Crippen molar-refractivity contribution in [2.45, 2.75) is 20.4 Å². The van der Waals surface area contributed by atoms with Gasteiger partial charge in [-0.1, -0.05) is 11.6 Å². The molecule has 0 amide bonds. The fourth-order valence-electron chi connectivity index (χ4n) is 1.58. The molecule has 0 atom stereocenters. The molecule has 2 rings (SSSR count). The van der Waals surface area contributed by atoms with Crippen LogP contribution in [0.15, 0.2) is 18.3 Å². The first-order valence-electron chi connectivity index (χ1n) is 5.00. The molecule has 2 aromatic rings. The van der Waals surface area contributed by atoms with Crippen LogP contribution in [0.5, 0.6) is 0 Å². The zero-order chi connectivity index (χ0) is 11.7. The molecule has 16 heavy (non-hydrogen) atoms. The van der Waals surface area contributed by atoms with E-state index in [4.69, 9.17) is 17.3 Å². The summed E-state index contributed by atoms with van der Waals surface area (Å²) >= 11 is 6.10. The molecule has 0 saturated carbocycles. The van der Waals surface area contributed by atoms with E-state index in [2.05, 4.69) is 10.1 Å². The minimum Gasteiger partial charge on any atom is -0.325 e. The van der Waals surface area contributed by atoms with Crippen LogP contribution < -0.4 is 5.73 Å². The van der Waals surface area contributed by atoms with E-state index in [1.54, 1.807) is 10.9 Å². The van der Waals surface area contributed by atoms with Gasteiger partial charge >= 0.3 is 0 Å². The summed E-state index contributed by atoms with van der Waals surface area (Å²) in [6.45, 7) is 4.24. The average Bonchev–Trinajstić information content (AvgIpc) is 2.57. The van der Waals surface area contributed by atoms with Crippen LogP contribution in [0.1, 0.15) is 17.1 Å². The van der Waals surface area contributed by atoms with E-state index in [1.165, 1.54) is 0 Å². The second-order valence-corrected chi connectivity index (χ2v) is 3.98. The van der Waals surface area contributed by atoms with Gasteiger partial charge in [0.1, 0.15) is 0 Å². The lowest BCUT2D eigenvalue weighted by molar-refractivity contribution is 0.825.